The standard InChI is InChI=1S/C16H17N3O/c1-12-9-10-14-16(17-12)19(11-5-8-15(20)18-14)13-6-3-2-4-7-13/h2-4,6-7,9-10H,5,8,11H2,1H3,(H,18,20). The van der Waals surface area contributed by atoms with Gasteiger partial charge in [0, 0.05) is 24.3 Å². The smallest absolute Gasteiger partial charge is 0.224 e. The minimum Gasteiger partial charge on any atom is -0.325 e. The van der Waals surface area contributed by atoms with E-state index in [0.29, 0.717) is 6.42 Å². The molecule has 1 aliphatic rings. The normalized spacial score (nSPS) is 15.1. The lowest BCUT2D eigenvalue weighted by Crippen LogP contribution is -2.26. The molecule has 0 saturated heterocycles. The minimum absolute atomic E-state index is 0.0598. The molecular formula is C16H17N3O. The lowest BCUT2D eigenvalue weighted by Gasteiger charge is -2.28. The molecule has 0 unspecified atom stereocenters. The average molecular weight is 267 g/mol. The number of aromatic nitrogens is 1. The second-order valence-corrected chi connectivity index (χ2v) is 4.96. The van der Waals surface area contributed by atoms with E-state index >= 15 is 0 Å². The van der Waals surface area contributed by atoms with E-state index < -0.39 is 0 Å². The van der Waals surface area contributed by atoms with Crippen molar-refractivity contribution in [3.63, 3.8) is 0 Å². The van der Waals surface area contributed by atoms with E-state index in [1.807, 2.05) is 37.3 Å². The molecule has 102 valence electrons. The van der Waals surface area contributed by atoms with Crippen molar-refractivity contribution in [3.8, 4) is 0 Å². The van der Waals surface area contributed by atoms with Crippen LogP contribution in [0, 0.1) is 6.92 Å². The summed E-state index contributed by atoms with van der Waals surface area (Å²) in [5.74, 6) is 0.883. The van der Waals surface area contributed by atoms with Crippen LogP contribution >= 0.6 is 0 Å². The van der Waals surface area contributed by atoms with E-state index in [9.17, 15) is 4.79 Å². The van der Waals surface area contributed by atoms with Gasteiger partial charge in [0.25, 0.3) is 0 Å². The first-order chi connectivity index (χ1) is 9.74. The van der Waals surface area contributed by atoms with Gasteiger partial charge in [0.05, 0.1) is 5.69 Å². The van der Waals surface area contributed by atoms with Crippen molar-refractivity contribution in [1.82, 2.24) is 4.98 Å². The zero-order valence-electron chi connectivity index (χ0n) is 11.5. The van der Waals surface area contributed by atoms with E-state index in [1.165, 1.54) is 0 Å². The number of amides is 1. The van der Waals surface area contributed by atoms with Crippen LogP contribution < -0.4 is 10.2 Å². The third-order valence-electron chi connectivity index (χ3n) is 3.40. The van der Waals surface area contributed by atoms with Crippen molar-refractivity contribution in [3.05, 3.63) is 48.2 Å². The summed E-state index contributed by atoms with van der Waals surface area (Å²) >= 11 is 0. The predicted molar refractivity (Wildman–Crippen MR) is 80.3 cm³/mol. The number of carbonyl (C=O) groups is 1. The molecule has 0 saturated carbocycles. The maximum absolute atomic E-state index is 11.8. The van der Waals surface area contributed by atoms with Crippen LogP contribution in [0.5, 0.6) is 0 Å². The SMILES string of the molecule is Cc1ccc2c(n1)N(c1ccccc1)CCCC(=O)N2. The molecule has 0 radical (unpaired) electrons. The zero-order valence-corrected chi connectivity index (χ0v) is 11.5. The highest BCUT2D eigenvalue weighted by molar-refractivity contribution is 5.95. The first kappa shape index (κ1) is 12.7. The van der Waals surface area contributed by atoms with Gasteiger partial charge in [-0.25, -0.2) is 4.98 Å². The highest BCUT2D eigenvalue weighted by Crippen LogP contribution is 2.32. The topological polar surface area (TPSA) is 45.2 Å². The predicted octanol–water partition coefficient (Wildman–Crippen LogP) is 3.26. The van der Waals surface area contributed by atoms with Crippen LogP contribution in [0.4, 0.5) is 17.2 Å². The molecule has 20 heavy (non-hydrogen) atoms. The highest BCUT2D eigenvalue weighted by Gasteiger charge is 2.19. The van der Waals surface area contributed by atoms with Crippen LogP contribution in [0.15, 0.2) is 42.5 Å². The molecule has 0 atom stereocenters. The van der Waals surface area contributed by atoms with E-state index in [4.69, 9.17) is 0 Å². The van der Waals surface area contributed by atoms with Crippen LogP contribution in [0.1, 0.15) is 18.5 Å². The fourth-order valence-electron chi connectivity index (χ4n) is 2.42. The Hall–Kier alpha value is -2.36. The van der Waals surface area contributed by atoms with E-state index in [-0.39, 0.29) is 5.91 Å². The Morgan fingerprint density at radius 1 is 1.15 bits per heavy atom. The Balaban J connectivity index is 2.09. The largest absolute Gasteiger partial charge is 0.325 e. The quantitative estimate of drug-likeness (QED) is 0.862. The van der Waals surface area contributed by atoms with Gasteiger partial charge < -0.3 is 10.2 Å². The van der Waals surface area contributed by atoms with Gasteiger partial charge in [-0.1, -0.05) is 18.2 Å². The molecule has 3 rings (SSSR count). The van der Waals surface area contributed by atoms with Gasteiger partial charge in [-0.2, -0.15) is 0 Å². The first-order valence-corrected chi connectivity index (χ1v) is 6.84. The Morgan fingerprint density at radius 2 is 1.95 bits per heavy atom. The summed E-state index contributed by atoms with van der Waals surface area (Å²) in [7, 11) is 0. The number of carbonyl (C=O) groups excluding carboxylic acids is 1. The molecule has 4 nitrogen and oxygen atoms in total. The van der Waals surface area contributed by atoms with E-state index in [0.717, 1.165) is 35.9 Å². The van der Waals surface area contributed by atoms with E-state index in [1.54, 1.807) is 0 Å². The second kappa shape index (κ2) is 5.33. The number of aryl methyl sites for hydroxylation is 1. The Bertz CT molecular complexity index is 625. The van der Waals surface area contributed by atoms with Crippen molar-refractivity contribution in [1.29, 1.82) is 0 Å². The van der Waals surface area contributed by atoms with Crippen LogP contribution in [0.2, 0.25) is 0 Å². The van der Waals surface area contributed by atoms with Crippen LogP contribution in [0.3, 0.4) is 0 Å². The van der Waals surface area contributed by atoms with Crippen LogP contribution in [0.25, 0.3) is 0 Å². The number of nitrogens with zero attached hydrogens (tertiary/aromatic N) is 2. The molecule has 0 fully saturated rings. The molecule has 1 aromatic carbocycles. The summed E-state index contributed by atoms with van der Waals surface area (Å²) in [5.41, 5.74) is 2.83. The number of nitrogens with one attached hydrogen (secondary N) is 1. The summed E-state index contributed by atoms with van der Waals surface area (Å²) in [6.07, 6.45) is 1.35. The van der Waals surface area contributed by atoms with Crippen molar-refractivity contribution >= 4 is 23.1 Å². The molecule has 0 aliphatic carbocycles. The highest BCUT2D eigenvalue weighted by atomic mass is 16.1. The van der Waals surface area contributed by atoms with Crippen LogP contribution in [-0.4, -0.2) is 17.4 Å². The number of hydrogen-bond donors (Lipinski definition) is 1. The van der Waals surface area contributed by atoms with Gasteiger partial charge in [0.2, 0.25) is 5.91 Å². The van der Waals surface area contributed by atoms with Gasteiger partial charge >= 0.3 is 0 Å². The molecule has 4 heteroatoms. The van der Waals surface area contributed by atoms with Gasteiger partial charge in [-0.05, 0) is 37.6 Å². The zero-order chi connectivity index (χ0) is 13.9. The molecule has 2 heterocycles. The average Bonchev–Trinajstić information content (AvgIpc) is 2.45. The van der Waals surface area contributed by atoms with E-state index in [2.05, 4.69) is 27.3 Å². The fraction of sp³-hybridized carbons (Fsp3) is 0.250. The summed E-state index contributed by atoms with van der Waals surface area (Å²) in [6.45, 7) is 2.75. The number of rotatable bonds is 1. The van der Waals surface area contributed by atoms with Gasteiger partial charge in [0.15, 0.2) is 5.82 Å². The third kappa shape index (κ3) is 2.50. The number of para-hydroxylation sites is 1. The fourth-order valence-corrected chi connectivity index (χ4v) is 2.42. The summed E-state index contributed by atoms with van der Waals surface area (Å²) in [4.78, 5) is 18.6. The van der Waals surface area contributed by atoms with Crippen molar-refractivity contribution in [2.75, 3.05) is 16.8 Å². The monoisotopic (exact) mass is 267 g/mol. The molecule has 0 bridgehead atoms. The lowest BCUT2D eigenvalue weighted by molar-refractivity contribution is -0.116. The molecule has 1 aliphatic heterocycles. The molecule has 2 aromatic rings. The number of fused-ring (bicyclic) bond motifs is 1. The number of pyridine rings is 1. The van der Waals surface area contributed by atoms with Crippen LogP contribution in [-0.2, 0) is 4.79 Å². The molecule has 1 aromatic heterocycles. The number of benzene rings is 1. The molecule has 1 N–H and O–H groups in total. The molecular weight excluding hydrogens is 250 g/mol. The van der Waals surface area contributed by atoms with Crippen molar-refractivity contribution in [2.45, 2.75) is 19.8 Å². The van der Waals surface area contributed by atoms with Crippen molar-refractivity contribution in [2.24, 2.45) is 0 Å². The Kier molecular flexibility index (Phi) is 3.37. The van der Waals surface area contributed by atoms with Crippen molar-refractivity contribution < 1.29 is 4.79 Å². The first-order valence-electron chi connectivity index (χ1n) is 6.84. The van der Waals surface area contributed by atoms with Gasteiger partial charge in [-0.15, -0.1) is 0 Å². The maximum Gasteiger partial charge on any atom is 0.224 e. The summed E-state index contributed by atoms with van der Waals surface area (Å²) in [5, 5.41) is 2.95. The number of anilines is 3. The minimum atomic E-state index is 0.0598. The third-order valence-corrected chi connectivity index (χ3v) is 3.40. The maximum atomic E-state index is 11.8. The Labute approximate surface area is 118 Å². The van der Waals surface area contributed by atoms with Gasteiger partial charge in [-0.3, -0.25) is 4.79 Å². The van der Waals surface area contributed by atoms with Gasteiger partial charge in [0.1, 0.15) is 0 Å². The lowest BCUT2D eigenvalue weighted by atomic mass is 10.2. The summed E-state index contributed by atoms with van der Waals surface area (Å²) in [6, 6.07) is 14.0. The second-order valence-electron chi connectivity index (χ2n) is 4.96. The Morgan fingerprint density at radius 3 is 2.75 bits per heavy atom. The summed E-state index contributed by atoms with van der Waals surface area (Å²) < 4.78 is 0. The molecule has 1 amide bonds. The number of hydrogen-bond acceptors (Lipinski definition) is 3. The molecule has 0 spiro atoms.